The van der Waals surface area contributed by atoms with Crippen LogP contribution in [-0.2, 0) is 0 Å². The van der Waals surface area contributed by atoms with Crippen LogP contribution < -0.4 is 15.0 Å². The number of hydrogen-bond acceptors (Lipinski definition) is 4. The van der Waals surface area contributed by atoms with Gasteiger partial charge < -0.3 is 9.47 Å². The van der Waals surface area contributed by atoms with Crippen molar-refractivity contribution < 1.29 is 18.3 Å². The number of ether oxygens (including phenoxy) is 2. The summed E-state index contributed by atoms with van der Waals surface area (Å²) in [6.07, 6.45) is 3.21. The Morgan fingerprint density at radius 2 is 2.07 bits per heavy atom. The van der Waals surface area contributed by atoms with Gasteiger partial charge in [0.15, 0.2) is 11.5 Å². The summed E-state index contributed by atoms with van der Waals surface area (Å²) in [6, 6.07) is 9.41. The molecule has 0 N–H and O–H groups in total. The highest BCUT2D eigenvalue weighted by atomic mass is 35.5. The molecular weight excluding hydrogens is 390 g/mol. The van der Waals surface area contributed by atoms with Gasteiger partial charge in [0.1, 0.15) is 5.65 Å². The van der Waals surface area contributed by atoms with Gasteiger partial charge in [0, 0.05) is 12.3 Å². The molecule has 0 aliphatic heterocycles. The Hall–Kier alpha value is -2.93. The van der Waals surface area contributed by atoms with Crippen LogP contribution in [0.25, 0.3) is 16.8 Å². The van der Waals surface area contributed by atoms with Gasteiger partial charge in [-0.3, -0.25) is 9.20 Å². The van der Waals surface area contributed by atoms with Crippen LogP contribution in [0.5, 0.6) is 11.5 Å². The molecule has 0 spiro atoms. The smallest absolute Gasteiger partial charge is 0.387 e. The van der Waals surface area contributed by atoms with Gasteiger partial charge in [-0.05, 0) is 49.2 Å². The molecule has 3 rings (SSSR count). The predicted molar refractivity (Wildman–Crippen MR) is 104 cm³/mol. The Morgan fingerprint density at radius 3 is 2.79 bits per heavy atom. The van der Waals surface area contributed by atoms with Gasteiger partial charge in [0.2, 0.25) is 0 Å². The first-order chi connectivity index (χ1) is 13.4. The molecule has 0 aliphatic carbocycles. The number of aromatic nitrogens is 2. The standard InChI is InChI=1S/C20H17ClF2N2O3/c1-3-27-17-10-13(6-7-16(17)28-20(22)23)9-14(21)15-11-18(26)25-8-4-5-12(2)19(25)24-15/h4-11,20H,3H2,1-2H3/b14-9-. The molecule has 0 unspecified atom stereocenters. The fourth-order valence-electron chi connectivity index (χ4n) is 2.68. The van der Waals surface area contributed by atoms with Crippen molar-refractivity contribution in [3.05, 3.63) is 69.8 Å². The first kappa shape index (κ1) is 19.8. The second-order valence-electron chi connectivity index (χ2n) is 5.87. The maximum absolute atomic E-state index is 12.5. The zero-order valence-electron chi connectivity index (χ0n) is 15.2. The molecule has 0 saturated heterocycles. The highest BCUT2D eigenvalue weighted by Crippen LogP contribution is 2.31. The van der Waals surface area contributed by atoms with E-state index < -0.39 is 6.61 Å². The van der Waals surface area contributed by atoms with E-state index in [2.05, 4.69) is 9.72 Å². The van der Waals surface area contributed by atoms with Crippen LogP contribution in [0.15, 0.2) is 47.4 Å². The number of aryl methyl sites for hydroxylation is 1. The van der Waals surface area contributed by atoms with Crippen LogP contribution in [0.2, 0.25) is 0 Å². The van der Waals surface area contributed by atoms with Crippen molar-refractivity contribution in [3.63, 3.8) is 0 Å². The van der Waals surface area contributed by atoms with Gasteiger partial charge in [0.05, 0.1) is 17.3 Å². The van der Waals surface area contributed by atoms with Crippen molar-refractivity contribution in [2.75, 3.05) is 6.61 Å². The first-order valence-electron chi connectivity index (χ1n) is 8.47. The average Bonchev–Trinajstić information content (AvgIpc) is 2.64. The van der Waals surface area contributed by atoms with Gasteiger partial charge in [-0.15, -0.1) is 0 Å². The number of rotatable bonds is 6. The first-order valence-corrected chi connectivity index (χ1v) is 8.85. The number of alkyl halides is 2. The fraction of sp³-hybridized carbons (Fsp3) is 0.200. The SMILES string of the molecule is CCOc1cc(/C=C(\Cl)c2cc(=O)n3cccc(C)c3n2)ccc1OC(F)F. The molecule has 0 aliphatic rings. The lowest BCUT2D eigenvalue weighted by Crippen LogP contribution is -2.15. The Labute approximate surface area is 164 Å². The molecule has 0 radical (unpaired) electrons. The van der Waals surface area contributed by atoms with E-state index in [4.69, 9.17) is 16.3 Å². The molecule has 146 valence electrons. The summed E-state index contributed by atoms with van der Waals surface area (Å²) in [6.45, 7) is 0.903. The Kier molecular flexibility index (Phi) is 5.94. The zero-order chi connectivity index (χ0) is 20.3. The highest BCUT2D eigenvalue weighted by Gasteiger charge is 2.12. The molecule has 28 heavy (non-hydrogen) atoms. The van der Waals surface area contributed by atoms with Gasteiger partial charge >= 0.3 is 6.61 Å². The van der Waals surface area contributed by atoms with Crippen LogP contribution >= 0.6 is 11.6 Å². The number of nitrogens with zero attached hydrogens (tertiary/aromatic N) is 2. The summed E-state index contributed by atoms with van der Waals surface area (Å²) in [5, 5.41) is 0.229. The maximum atomic E-state index is 12.5. The molecule has 8 heteroatoms. The van der Waals surface area contributed by atoms with Crippen LogP contribution in [0.4, 0.5) is 8.78 Å². The van der Waals surface area contributed by atoms with Crippen LogP contribution in [0.3, 0.4) is 0 Å². The van der Waals surface area contributed by atoms with E-state index in [0.29, 0.717) is 16.9 Å². The molecule has 3 aromatic rings. The number of benzene rings is 1. The van der Waals surface area contributed by atoms with Crippen molar-refractivity contribution in [1.82, 2.24) is 9.38 Å². The minimum Gasteiger partial charge on any atom is -0.490 e. The quantitative estimate of drug-likeness (QED) is 0.593. The third-order valence-electron chi connectivity index (χ3n) is 3.91. The second kappa shape index (κ2) is 8.39. The van der Waals surface area contributed by atoms with E-state index in [0.717, 1.165) is 5.56 Å². The molecule has 0 atom stereocenters. The minimum atomic E-state index is -2.96. The maximum Gasteiger partial charge on any atom is 0.387 e. The minimum absolute atomic E-state index is 0.0668. The summed E-state index contributed by atoms with van der Waals surface area (Å²) in [4.78, 5) is 16.8. The monoisotopic (exact) mass is 406 g/mol. The number of halogens is 3. The van der Waals surface area contributed by atoms with E-state index in [9.17, 15) is 13.6 Å². The van der Waals surface area contributed by atoms with E-state index in [-0.39, 0.29) is 28.7 Å². The Morgan fingerprint density at radius 1 is 1.29 bits per heavy atom. The van der Waals surface area contributed by atoms with Gasteiger partial charge in [-0.1, -0.05) is 23.7 Å². The van der Waals surface area contributed by atoms with Gasteiger partial charge in [-0.2, -0.15) is 8.78 Å². The molecular formula is C20H17ClF2N2O3. The number of pyridine rings is 1. The molecule has 0 saturated carbocycles. The molecule has 5 nitrogen and oxygen atoms in total. The summed E-state index contributed by atoms with van der Waals surface area (Å²) < 4.78 is 36.3. The van der Waals surface area contributed by atoms with E-state index >= 15 is 0 Å². The third-order valence-corrected chi connectivity index (χ3v) is 4.21. The van der Waals surface area contributed by atoms with Crippen LogP contribution in [0.1, 0.15) is 23.7 Å². The molecule has 2 heterocycles. The summed E-state index contributed by atoms with van der Waals surface area (Å²) in [7, 11) is 0. The topological polar surface area (TPSA) is 52.8 Å². The summed E-state index contributed by atoms with van der Waals surface area (Å²) in [5.74, 6) is 0.103. The van der Waals surface area contributed by atoms with Crippen molar-refractivity contribution >= 4 is 28.4 Å². The van der Waals surface area contributed by atoms with Gasteiger partial charge in [-0.25, -0.2) is 4.98 Å². The lowest BCUT2D eigenvalue weighted by atomic mass is 10.1. The molecule has 2 aromatic heterocycles. The van der Waals surface area contributed by atoms with Crippen molar-refractivity contribution in [2.24, 2.45) is 0 Å². The van der Waals surface area contributed by atoms with E-state index in [1.165, 1.54) is 22.6 Å². The van der Waals surface area contributed by atoms with Gasteiger partial charge in [0.25, 0.3) is 5.56 Å². The number of hydrogen-bond donors (Lipinski definition) is 0. The van der Waals surface area contributed by atoms with E-state index in [1.54, 1.807) is 31.3 Å². The van der Waals surface area contributed by atoms with Crippen molar-refractivity contribution in [3.8, 4) is 11.5 Å². The Bertz CT molecular complexity index is 1100. The normalized spacial score (nSPS) is 11.9. The zero-order valence-corrected chi connectivity index (χ0v) is 15.9. The lowest BCUT2D eigenvalue weighted by Gasteiger charge is -2.12. The van der Waals surface area contributed by atoms with Crippen LogP contribution in [-0.4, -0.2) is 22.6 Å². The lowest BCUT2D eigenvalue weighted by molar-refractivity contribution is -0.0514. The summed E-state index contributed by atoms with van der Waals surface area (Å²) in [5.41, 5.74) is 1.98. The van der Waals surface area contributed by atoms with Crippen molar-refractivity contribution in [2.45, 2.75) is 20.5 Å². The molecule has 0 fully saturated rings. The molecule has 0 amide bonds. The molecule has 1 aromatic carbocycles. The largest absolute Gasteiger partial charge is 0.490 e. The third kappa shape index (κ3) is 4.31. The Balaban J connectivity index is 2.01. The summed E-state index contributed by atoms with van der Waals surface area (Å²) >= 11 is 6.38. The van der Waals surface area contributed by atoms with Crippen molar-refractivity contribution in [1.29, 1.82) is 0 Å². The predicted octanol–water partition coefficient (Wildman–Crippen LogP) is 4.74. The fourth-order valence-corrected chi connectivity index (χ4v) is 2.90. The number of fused-ring (bicyclic) bond motifs is 1. The second-order valence-corrected chi connectivity index (χ2v) is 6.28. The average molecular weight is 407 g/mol. The highest BCUT2D eigenvalue weighted by molar-refractivity contribution is 6.51. The van der Waals surface area contributed by atoms with E-state index in [1.807, 2.05) is 13.0 Å². The molecule has 0 bridgehead atoms. The van der Waals surface area contributed by atoms with Crippen LogP contribution in [0, 0.1) is 6.92 Å².